The Morgan fingerprint density at radius 1 is 1.00 bits per heavy atom. The fourth-order valence-corrected chi connectivity index (χ4v) is 5.88. The molecular weight excluding hydrogens is 431 g/mol. The molecule has 2 aliphatic rings. The maximum atomic E-state index is 13.1. The van der Waals surface area contributed by atoms with Crippen LogP contribution in [-0.2, 0) is 21.4 Å². The number of rotatable bonds is 5. The van der Waals surface area contributed by atoms with E-state index in [9.17, 15) is 17.6 Å². The number of piperidine rings is 1. The van der Waals surface area contributed by atoms with Gasteiger partial charge in [0.25, 0.3) is 0 Å². The van der Waals surface area contributed by atoms with Gasteiger partial charge in [-0.3, -0.25) is 14.7 Å². The number of sulfonamides is 1. The quantitative estimate of drug-likeness (QED) is 0.685. The Bertz CT molecular complexity index is 1010. The topological polar surface area (TPSA) is 73.8 Å². The van der Waals surface area contributed by atoms with Crippen molar-refractivity contribution < 1.29 is 17.6 Å². The van der Waals surface area contributed by atoms with Crippen LogP contribution in [0.2, 0.25) is 0 Å². The number of amides is 1. The van der Waals surface area contributed by atoms with Gasteiger partial charge in [-0.2, -0.15) is 4.31 Å². The van der Waals surface area contributed by atoms with E-state index in [-0.39, 0.29) is 22.5 Å². The molecule has 9 heteroatoms. The number of aromatic nitrogens is 1. The first kappa shape index (κ1) is 22.8. The lowest BCUT2D eigenvalue weighted by atomic mass is 9.96. The van der Waals surface area contributed by atoms with Crippen molar-refractivity contribution in [1.82, 2.24) is 19.1 Å². The van der Waals surface area contributed by atoms with Crippen molar-refractivity contribution in [3.8, 4) is 0 Å². The molecule has 2 fully saturated rings. The van der Waals surface area contributed by atoms with Crippen LogP contribution in [0.5, 0.6) is 0 Å². The largest absolute Gasteiger partial charge is 0.341 e. The van der Waals surface area contributed by atoms with Crippen LogP contribution in [0.3, 0.4) is 0 Å². The minimum atomic E-state index is -3.57. The normalized spacial score (nSPS) is 19.6. The summed E-state index contributed by atoms with van der Waals surface area (Å²) in [5, 5.41) is 0. The van der Waals surface area contributed by atoms with Crippen molar-refractivity contribution in [2.75, 3.05) is 39.3 Å². The van der Waals surface area contributed by atoms with Gasteiger partial charge in [-0.15, -0.1) is 0 Å². The molecule has 0 unspecified atom stereocenters. The number of carbonyl (C=O) groups is 1. The summed E-state index contributed by atoms with van der Waals surface area (Å²) in [7, 11) is -3.57. The molecule has 0 bridgehead atoms. The number of hydrogen-bond donors (Lipinski definition) is 0. The second-order valence-corrected chi connectivity index (χ2v) is 10.4. The molecule has 1 aromatic heterocycles. The summed E-state index contributed by atoms with van der Waals surface area (Å²) in [5.41, 5.74) is 1.06. The van der Waals surface area contributed by atoms with E-state index >= 15 is 0 Å². The predicted molar refractivity (Wildman–Crippen MR) is 119 cm³/mol. The highest BCUT2D eigenvalue weighted by Crippen LogP contribution is 2.25. The van der Waals surface area contributed by atoms with Crippen LogP contribution in [0.1, 0.15) is 24.8 Å². The Morgan fingerprint density at radius 3 is 2.44 bits per heavy atom. The fourth-order valence-electron chi connectivity index (χ4n) is 4.45. The monoisotopic (exact) mass is 460 g/mol. The van der Waals surface area contributed by atoms with Gasteiger partial charge in [0, 0.05) is 64.1 Å². The molecule has 2 aliphatic heterocycles. The first-order valence-corrected chi connectivity index (χ1v) is 12.5. The molecule has 0 atom stereocenters. The summed E-state index contributed by atoms with van der Waals surface area (Å²) in [6, 6.07) is 9.72. The molecule has 32 heavy (non-hydrogen) atoms. The molecule has 2 aromatic rings. The second-order valence-electron chi connectivity index (χ2n) is 8.45. The molecule has 172 valence electrons. The molecule has 0 N–H and O–H groups in total. The van der Waals surface area contributed by atoms with Gasteiger partial charge in [0.15, 0.2) is 0 Å². The van der Waals surface area contributed by atoms with Crippen LogP contribution in [0.15, 0.2) is 53.7 Å². The summed E-state index contributed by atoms with van der Waals surface area (Å²) in [5.74, 6) is -0.244. The van der Waals surface area contributed by atoms with E-state index in [1.165, 1.54) is 22.6 Å². The molecule has 0 radical (unpaired) electrons. The number of hydrogen-bond acceptors (Lipinski definition) is 5. The Labute approximate surface area is 188 Å². The van der Waals surface area contributed by atoms with Crippen molar-refractivity contribution in [3.05, 3.63) is 60.2 Å². The molecule has 3 heterocycles. The van der Waals surface area contributed by atoms with Gasteiger partial charge in [-0.05, 0) is 49.1 Å². The molecule has 4 rings (SSSR count). The van der Waals surface area contributed by atoms with Crippen molar-refractivity contribution in [3.63, 3.8) is 0 Å². The Morgan fingerprint density at radius 2 is 1.75 bits per heavy atom. The third-order valence-corrected chi connectivity index (χ3v) is 8.18. The number of pyridine rings is 1. The lowest BCUT2D eigenvalue weighted by Gasteiger charge is -2.33. The Kier molecular flexibility index (Phi) is 7.17. The van der Waals surface area contributed by atoms with Gasteiger partial charge >= 0.3 is 0 Å². The number of benzene rings is 1. The summed E-state index contributed by atoms with van der Waals surface area (Å²) in [6.07, 6.45) is 4.87. The number of nitrogens with zero attached hydrogens (tertiary/aromatic N) is 4. The molecule has 0 spiro atoms. The summed E-state index contributed by atoms with van der Waals surface area (Å²) >= 11 is 0. The highest BCUT2D eigenvalue weighted by atomic mass is 32.2. The Balaban J connectivity index is 1.29. The standard InChI is InChI=1S/C23H29FN4O3S/c24-21-6-4-19(5-7-21)18-26-11-2-12-27(16-15-26)23(29)20-8-13-28(14-9-20)32(30,31)22-3-1-10-25-17-22/h1,3-7,10,17,20H,2,8-9,11-16,18H2. The first-order valence-electron chi connectivity index (χ1n) is 11.1. The molecule has 1 amide bonds. The van der Waals surface area contributed by atoms with Crippen LogP contribution >= 0.6 is 0 Å². The van der Waals surface area contributed by atoms with Gasteiger partial charge < -0.3 is 4.90 Å². The van der Waals surface area contributed by atoms with E-state index in [1.54, 1.807) is 30.5 Å². The lowest BCUT2D eigenvalue weighted by molar-refractivity contribution is -0.136. The third-order valence-electron chi connectivity index (χ3n) is 6.29. The Hall–Kier alpha value is -2.36. The van der Waals surface area contributed by atoms with Crippen LogP contribution in [-0.4, -0.2) is 72.7 Å². The van der Waals surface area contributed by atoms with Crippen molar-refractivity contribution in [2.24, 2.45) is 5.92 Å². The van der Waals surface area contributed by atoms with Crippen LogP contribution < -0.4 is 0 Å². The van der Waals surface area contributed by atoms with Gasteiger partial charge in [-0.1, -0.05) is 12.1 Å². The van der Waals surface area contributed by atoms with E-state index in [1.807, 2.05) is 4.90 Å². The number of carbonyl (C=O) groups excluding carboxylic acids is 1. The average Bonchev–Trinajstić information content (AvgIpc) is 3.06. The van der Waals surface area contributed by atoms with Crippen molar-refractivity contribution in [2.45, 2.75) is 30.7 Å². The minimum Gasteiger partial charge on any atom is -0.341 e. The molecule has 1 aromatic carbocycles. The SMILES string of the molecule is O=C(C1CCN(S(=O)(=O)c2cccnc2)CC1)N1CCCN(Cc2ccc(F)cc2)CC1. The zero-order chi connectivity index (χ0) is 22.6. The third kappa shape index (κ3) is 5.33. The van der Waals surface area contributed by atoms with Crippen LogP contribution in [0, 0.1) is 11.7 Å². The van der Waals surface area contributed by atoms with Crippen molar-refractivity contribution in [1.29, 1.82) is 0 Å². The van der Waals surface area contributed by atoms with E-state index < -0.39 is 10.0 Å². The highest BCUT2D eigenvalue weighted by Gasteiger charge is 2.34. The van der Waals surface area contributed by atoms with E-state index in [2.05, 4.69) is 9.88 Å². The van der Waals surface area contributed by atoms with Crippen LogP contribution in [0.25, 0.3) is 0 Å². The molecule has 0 aliphatic carbocycles. The minimum absolute atomic E-state index is 0.132. The molecule has 7 nitrogen and oxygen atoms in total. The lowest BCUT2D eigenvalue weighted by Crippen LogP contribution is -2.45. The summed E-state index contributed by atoms with van der Waals surface area (Å²) in [6.45, 7) is 4.48. The zero-order valence-corrected chi connectivity index (χ0v) is 18.9. The van der Waals surface area contributed by atoms with Gasteiger partial charge in [0.1, 0.15) is 10.7 Å². The zero-order valence-electron chi connectivity index (χ0n) is 18.1. The molecular formula is C23H29FN4O3S. The maximum absolute atomic E-state index is 13.1. The van der Waals surface area contributed by atoms with E-state index in [0.29, 0.717) is 39.0 Å². The molecule has 2 saturated heterocycles. The highest BCUT2D eigenvalue weighted by molar-refractivity contribution is 7.89. The second kappa shape index (κ2) is 10.1. The van der Waals surface area contributed by atoms with Gasteiger partial charge in [0.05, 0.1) is 0 Å². The van der Waals surface area contributed by atoms with Crippen LogP contribution in [0.4, 0.5) is 4.39 Å². The summed E-state index contributed by atoms with van der Waals surface area (Å²) in [4.78, 5) is 21.5. The van der Waals surface area contributed by atoms with Gasteiger partial charge in [-0.25, -0.2) is 12.8 Å². The van der Waals surface area contributed by atoms with Crippen molar-refractivity contribution >= 4 is 15.9 Å². The first-order chi connectivity index (χ1) is 15.4. The smallest absolute Gasteiger partial charge is 0.244 e. The predicted octanol–water partition coefficient (Wildman–Crippen LogP) is 2.36. The molecule has 0 saturated carbocycles. The van der Waals surface area contributed by atoms with Gasteiger partial charge in [0.2, 0.25) is 15.9 Å². The average molecular weight is 461 g/mol. The maximum Gasteiger partial charge on any atom is 0.244 e. The summed E-state index contributed by atoms with van der Waals surface area (Å²) < 4.78 is 40.1. The van der Waals surface area contributed by atoms with E-state index in [4.69, 9.17) is 0 Å². The fraction of sp³-hybridized carbons (Fsp3) is 0.478. The van der Waals surface area contributed by atoms with E-state index in [0.717, 1.165) is 31.6 Å². The number of halogens is 1.